The van der Waals surface area contributed by atoms with Crippen molar-refractivity contribution in [2.45, 2.75) is 36.9 Å². The fourth-order valence-corrected chi connectivity index (χ4v) is 2.89. The van der Waals surface area contributed by atoms with Crippen LogP contribution in [0.25, 0.3) is 0 Å². The standard InChI is InChI=1S/C9H6F12O5S.C6H6O2S.CH2F2.CH3F.F2/c1-5(12,13)6(14,15)2-25-9(20,21)7(16,8(17,18)19)26-4(3(10)11)27(22,23)24;1-2-8-6-4-9-3-5(6)7-1;2-1-3;2*1-2/h2H2,1H3,(H,22,23,24);3-4H,1-2H2;1H2;1H3;. The Balaban J connectivity index is -0.000000807. The van der Waals surface area contributed by atoms with Crippen LogP contribution < -0.4 is 9.47 Å². The van der Waals surface area contributed by atoms with E-state index in [1.807, 2.05) is 10.8 Å². The topological polar surface area (TPSA) is 91.3 Å². The number of rotatable bonds is 8. The molecule has 1 atom stereocenters. The van der Waals surface area contributed by atoms with E-state index in [0.717, 1.165) is 11.5 Å². The van der Waals surface area contributed by atoms with Crippen LogP contribution in [0.3, 0.4) is 0 Å². The average molecular weight is 720 g/mol. The second kappa shape index (κ2) is 18.4. The van der Waals surface area contributed by atoms with Crippen molar-refractivity contribution >= 4 is 21.5 Å². The first-order valence-electron chi connectivity index (χ1n) is 9.58. The zero-order valence-corrected chi connectivity index (χ0v) is 22.3. The lowest BCUT2D eigenvalue weighted by Crippen LogP contribution is -2.60. The minimum absolute atomic E-state index is 0.500. The van der Waals surface area contributed by atoms with Crippen molar-refractivity contribution in [1.29, 1.82) is 0 Å². The number of thiophene rings is 1. The van der Waals surface area contributed by atoms with Gasteiger partial charge in [0.05, 0.1) is 7.18 Å². The van der Waals surface area contributed by atoms with Gasteiger partial charge in [-0.15, -0.1) is 11.3 Å². The van der Waals surface area contributed by atoms with Gasteiger partial charge in [0, 0.05) is 26.8 Å². The highest BCUT2D eigenvalue weighted by Gasteiger charge is 2.77. The molecule has 26 heteroatoms. The maximum absolute atomic E-state index is 13.7. The van der Waals surface area contributed by atoms with Crippen LogP contribution >= 0.6 is 11.3 Å². The Kier molecular flexibility index (Phi) is 19.2. The van der Waals surface area contributed by atoms with Crippen molar-refractivity contribution in [1.82, 2.24) is 0 Å². The van der Waals surface area contributed by atoms with E-state index in [4.69, 9.17) is 23.2 Å². The molecule has 0 radical (unpaired) electrons. The summed E-state index contributed by atoms with van der Waals surface area (Å²) in [5, 5.41) is 0.251. The predicted molar refractivity (Wildman–Crippen MR) is 110 cm³/mol. The van der Waals surface area contributed by atoms with Crippen LogP contribution in [-0.4, -0.2) is 76.9 Å². The van der Waals surface area contributed by atoms with E-state index in [2.05, 4.69) is 9.47 Å². The quantitative estimate of drug-likeness (QED) is 0.166. The van der Waals surface area contributed by atoms with Gasteiger partial charge in [-0.3, -0.25) is 8.94 Å². The summed E-state index contributed by atoms with van der Waals surface area (Å²) in [5.41, 5.74) is 0. The van der Waals surface area contributed by atoms with Crippen molar-refractivity contribution in [2.75, 3.05) is 33.9 Å². The molecule has 2 rings (SSSR count). The van der Waals surface area contributed by atoms with Gasteiger partial charge in [0.1, 0.15) is 19.8 Å². The molecule has 1 N–H and O–H groups in total. The summed E-state index contributed by atoms with van der Waals surface area (Å²) in [6, 6.07) is 0. The fourth-order valence-electron chi connectivity index (χ4n) is 1.79. The second-order valence-electron chi connectivity index (χ2n) is 6.51. The smallest absolute Gasteiger partial charge is 0.470 e. The van der Waals surface area contributed by atoms with Gasteiger partial charge in [0.2, 0.25) is 6.93 Å². The third-order valence-electron chi connectivity index (χ3n) is 3.63. The number of hydrogen-bond donors (Lipinski definition) is 1. The Bertz CT molecular complexity index is 1030. The first kappa shape index (κ1) is 45.0. The Morgan fingerprint density at radius 3 is 1.56 bits per heavy atom. The van der Waals surface area contributed by atoms with Crippen LogP contribution in [0.4, 0.5) is 75.0 Å². The van der Waals surface area contributed by atoms with E-state index in [9.17, 15) is 74.3 Å². The van der Waals surface area contributed by atoms with Gasteiger partial charge in [-0.25, -0.2) is 17.6 Å². The van der Waals surface area contributed by atoms with E-state index in [0.29, 0.717) is 20.4 Å². The molecule has 0 saturated carbocycles. The molecule has 43 heavy (non-hydrogen) atoms. The Labute approximate surface area is 233 Å². The molecule has 0 fully saturated rings. The first-order valence-corrected chi connectivity index (χ1v) is 12.0. The van der Waals surface area contributed by atoms with Gasteiger partial charge in [-0.1, -0.05) is 0 Å². The Morgan fingerprint density at radius 2 is 1.28 bits per heavy atom. The number of hydrogen-bond acceptors (Lipinski definition) is 7. The molecule has 7 nitrogen and oxygen atoms in total. The molecule has 0 saturated heterocycles. The Hall–Kier alpha value is -2.48. The molecule has 1 aromatic rings. The van der Waals surface area contributed by atoms with Gasteiger partial charge >= 0.3 is 51.3 Å². The third-order valence-corrected chi connectivity index (χ3v) is 5.04. The highest BCUT2D eigenvalue weighted by molar-refractivity contribution is 7.89. The summed E-state index contributed by atoms with van der Waals surface area (Å²) in [5.74, 6) is -15.9. The summed E-state index contributed by atoms with van der Waals surface area (Å²) < 4.78 is 242. The summed E-state index contributed by atoms with van der Waals surface area (Å²) in [6.45, 7) is -4.24. The number of halogens is 17. The minimum atomic E-state index is -7.16. The molecule has 2 heterocycles. The molecule has 1 unspecified atom stereocenters. The number of fused-ring (bicyclic) bond motifs is 1. The summed E-state index contributed by atoms with van der Waals surface area (Å²) in [6.07, 6.45) is -17.9. The highest BCUT2D eigenvalue weighted by Crippen LogP contribution is 2.49. The third kappa shape index (κ3) is 13.8. The van der Waals surface area contributed by atoms with E-state index in [-0.39, 0.29) is 0 Å². The van der Waals surface area contributed by atoms with Crippen LogP contribution in [-0.2, 0) is 19.6 Å². The molecular weight excluding hydrogens is 703 g/mol. The molecule has 0 bridgehead atoms. The zero-order chi connectivity index (χ0) is 35.1. The van der Waals surface area contributed by atoms with E-state index >= 15 is 0 Å². The molecular formula is C17H17F17O7S2. The molecule has 258 valence electrons. The highest BCUT2D eigenvalue weighted by atomic mass is 32.2. The normalized spacial score (nSPS) is 14.4. The van der Waals surface area contributed by atoms with Crippen molar-refractivity contribution in [3.05, 3.63) is 21.9 Å². The molecule has 0 aliphatic carbocycles. The van der Waals surface area contributed by atoms with E-state index in [1.54, 1.807) is 11.3 Å². The molecule has 0 amide bonds. The summed E-state index contributed by atoms with van der Waals surface area (Å²) in [4.78, 5) is 0. The van der Waals surface area contributed by atoms with Crippen molar-refractivity contribution < 1.29 is 107 Å². The maximum Gasteiger partial charge on any atom is 0.470 e. The lowest BCUT2D eigenvalue weighted by Gasteiger charge is -2.34. The second-order valence-corrected chi connectivity index (χ2v) is 8.58. The van der Waals surface area contributed by atoms with Gasteiger partial charge in [0.15, 0.2) is 11.5 Å². The first-order chi connectivity index (χ1) is 19.4. The van der Waals surface area contributed by atoms with Crippen molar-refractivity contribution in [3.8, 4) is 11.5 Å². The van der Waals surface area contributed by atoms with Gasteiger partial charge in [-0.2, -0.15) is 52.3 Å². The van der Waals surface area contributed by atoms with Crippen LogP contribution in [0.1, 0.15) is 6.92 Å². The SMILES string of the molecule is CC(F)(F)C(F)(F)COC(F)(F)C(F)(OC(=C(F)F)S(=O)(=O)O)C(F)(F)F.CF.FCF.FF.c1scc2c1OCCO2. The molecule has 0 spiro atoms. The fraction of sp³-hybridized carbons (Fsp3) is 0.647. The van der Waals surface area contributed by atoms with Gasteiger partial charge < -0.3 is 18.9 Å². The van der Waals surface area contributed by atoms with Gasteiger partial charge in [-0.05, 0) is 0 Å². The van der Waals surface area contributed by atoms with E-state index in [1.165, 1.54) is 0 Å². The summed E-state index contributed by atoms with van der Waals surface area (Å²) >= 11 is 1.61. The van der Waals surface area contributed by atoms with Crippen LogP contribution in [0, 0.1) is 0 Å². The lowest BCUT2D eigenvalue weighted by molar-refractivity contribution is -0.456. The van der Waals surface area contributed by atoms with Crippen LogP contribution in [0.5, 0.6) is 11.5 Å². The van der Waals surface area contributed by atoms with Crippen LogP contribution in [0.2, 0.25) is 0 Å². The van der Waals surface area contributed by atoms with Gasteiger partial charge in [0.25, 0.3) is 0 Å². The Morgan fingerprint density at radius 1 is 0.907 bits per heavy atom. The minimum Gasteiger partial charge on any atom is -0.485 e. The number of alkyl halides is 13. The average Bonchev–Trinajstić information content (AvgIpc) is 3.36. The monoisotopic (exact) mass is 720 g/mol. The summed E-state index contributed by atoms with van der Waals surface area (Å²) in [7, 11) is -6.07. The van der Waals surface area contributed by atoms with Crippen LogP contribution in [0.15, 0.2) is 21.9 Å². The molecule has 1 aromatic heterocycles. The van der Waals surface area contributed by atoms with Crippen molar-refractivity contribution in [3.63, 3.8) is 0 Å². The van der Waals surface area contributed by atoms with E-state index < -0.39 is 71.7 Å². The number of ether oxygens (including phenoxy) is 4. The molecule has 1 aliphatic heterocycles. The van der Waals surface area contributed by atoms with Crippen molar-refractivity contribution in [2.24, 2.45) is 0 Å². The molecule has 0 aromatic carbocycles. The predicted octanol–water partition coefficient (Wildman–Crippen LogP) is 7.91. The largest absolute Gasteiger partial charge is 0.485 e. The zero-order valence-electron chi connectivity index (χ0n) is 20.6. The maximum atomic E-state index is 13.7. The molecule has 1 aliphatic rings. The lowest BCUT2D eigenvalue weighted by atomic mass is 10.2.